The number of carbonyl (C=O) groups excluding carboxylic acids is 1. The summed E-state index contributed by atoms with van der Waals surface area (Å²) in [6.07, 6.45) is 0. The molecule has 0 amide bonds. The minimum atomic E-state index is -4.73. The number of hydrogen-bond acceptors (Lipinski definition) is 7. The summed E-state index contributed by atoms with van der Waals surface area (Å²) in [5.74, 6) is -0.782. The van der Waals surface area contributed by atoms with Crippen LogP contribution in [0, 0.1) is 0 Å². The Morgan fingerprint density at radius 2 is 1.93 bits per heavy atom. The van der Waals surface area contributed by atoms with Gasteiger partial charge in [-0.15, -0.1) is 0 Å². The summed E-state index contributed by atoms with van der Waals surface area (Å²) in [5, 5.41) is 0. The van der Waals surface area contributed by atoms with Crippen molar-refractivity contribution in [3.63, 3.8) is 0 Å². The molecule has 0 aliphatic heterocycles. The zero-order valence-corrected chi connectivity index (χ0v) is 11.2. The Morgan fingerprint density at radius 3 is 2.33 bits per heavy atom. The summed E-state index contributed by atoms with van der Waals surface area (Å²) >= 11 is 0. The van der Waals surface area contributed by atoms with E-state index in [2.05, 4.69) is 20.5 Å². The fourth-order valence-corrected chi connectivity index (χ4v) is 0.609. The molecule has 0 aromatic heterocycles. The van der Waals surface area contributed by atoms with Crippen molar-refractivity contribution < 1.29 is 61.3 Å². The predicted octanol–water partition coefficient (Wildman–Crippen LogP) is -3.48. The summed E-state index contributed by atoms with van der Waals surface area (Å²) in [6.45, 7) is 3.79. The molecule has 7 nitrogen and oxygen atoms in total. The molecule has 0 fully saturated rings. The summed E-state index contributed by atoms with van der Waals surface area (Å²) in [7, 11) is -4.73. The smallest absolute Gasteiger partial charge is 0.726 e. The monoisotopic (exact) mass is 248 g/mol. The summed E-state index contributed by atoms with van der Waals surface area (Å²) < 4.78 is 33.4. The third-order valence-electron chi connectivity index (χ3n) is 0.877. The van der Waals surface area contributed by atoms with E-state index in [4.69, 9.17) is 0 Å². The van der Waals surface area contributed by atoms with E-state index >= 15 is 0 Å². The van der Waals surface area contributed by atoms with E-state index in [-0.39, 0.29) is 41.7 Å². The second kappa shape index (κ2) is 8.22. The molecule has 0 radical (unpaired) electrons. The second-order valence-corrected chi connectivity index (χ2v) is 3.26. The average Bonchev–Trinajstić information content (AvgIpc) is 2.01. The number of hydrogen-bond donors (Lipinski definition) is 0. The molecule has 0 spiro atoms. The van der Waals surface area contributed by atoms with Crippen molar-refractivity contribution in [2.24, 2.45) is 0 Å². The van der Waals surface area contributed by atoms with Gasteiger partial charge >= 0.3 is 35.5 Å². The van der Waals surface area contributed by atoms with E-state index in [1.165, 1.54) is 6.92 Å². The van der Waals surface area contributed by atoms with Crippen molar-refractivity contribution in [1.82, 2.24) is 0 Å². The maximum Gasteiger partial charge on any atom is 1.00 e. The summed E-state index contributed by atoms with van der Waals surface area (Å²) in [6, 6.07) is 0. The van der Waals surface area contributed by atoms with Crippen molar-refractivity contribution in [2.75, 3.05) is 13.2 Å². The molecule has 82 valence electrons. The van der Waals surface area contributed by atoms with Crippen LogP contribution < -0.4 is 29.6 Å². The van der Waals surface area contributed by atoms with Gasteiger partial charge < -0.3 is 4.55 Å². The van der Waals surface area contributed by atoms with Crippen molar-refractivity contribution in [1.29, 1.82) is 0 Å². The molecule has 0 N–H and O–H groups in total. The predicted molar refractivity (Wildman–Crippen MR) is 42.5 cm³/mol. The van der Waals surface area contributed by atoms with E-state index in [0.29, 0.717) is 0 Å². The van der Waals surface area contributed by atoms with Crippen LogP contribution >= 0.6 is 0 Å². The van der Waals surface area contributed by atoms with Crippen LogP contribution in [0.25, 0.3) is 0 Å². The Kier molecular flexibility index (Phi) is 9.56. The molecular weight excluding hydrogens is 239 g/mol. The Bertz CT molecular complexity index is 309. The fourth-order valence-electron chi connectivity index (χ4n) is 0.336. The average molecular weight is 248 g/mol. The molecule has 0 unspecified atom stereocenters. The first-order valence-electron chi connectivity index (χ1n) is 3.42. The van der Waals surface area contributed by atoms with Gasteiger partial charge in [0.1, 0.15) is 6.61 Å². The van der Waals surface area contributed by atoms with E-state index in [1.807, 2.05) is 0 Å². The Labute approximate surface area is 110 Å². The van der Waals surface area contributed by atoms with Crippen molar-refractivity contribution >= 4 is 16.4 Å². The Hall–Kier alpha value is 0.0400. The molecule has 0 aromatic carbocycles. The standard InChI is InChI=1S/C6H10O7S.Na/c1-5(2)6(7)13-11-3-4-12-14(8,9)10;/h1,3-4H2,2H3,(H,8,9,10);/q;+1/p-1. The molecule has 0 heterocycles. The largest absolute Gasteiger partial charge is 1.00 e. The van der Waals surface area contributed by atoms with Crippen LogP contribution in [-0.2, 0) is 29.2 Å². The maximum atomic E-state index is 10.6. The van der Waals surface area contributed by atoms with Crippen molar-refractivity contribution in [2.45, 2.75) is 6.92 Å². The van der Waals surface area contributed by atoms with Crippen LogP contribution in [0.2, 0.25) is 0 Å². The minimum absolute atomic E-state index is 0. The molecule has 0 bridgehead atoms. The van der Waals surface area contributed by atoms with Gasteiger partial charge in [0, 0.05) is 5.57 Å². The Balaban J connectivity index is 0. The molecule has 9 heteroatoms. The van der Waals surface area contributed by atoms with Gasteiger partial charge in [-0.2, -0.15) is 4.89 Å². The van der Waals surface area contributed by atoms with Gasteiger partial charge in [0.2, 0.25) is 10.4 Å². The van der Waals surface area contributed by atoms with Gasteiger partial charge in [-0.3, -0.25) is 9.07 Å². The molecular formula is C6H9NaO7S. The first-order chi connectivity index (χ1) is 6.33. The molecule has 0 aliphatic carbocycles. The van der Waals surface area contributed by atoms with Crippen LogP contribution in [0.15, 0.2) is 12.2 Å². The third-order valence-corrected chi connectivity index (χ3v) is 1.33. The molecule has 0 aromatic rings. The molecule has 0 aliphatic rings. The number of rotatable bonds is 6. The van der Waals surface area contributed by atoms with Crippen LogP contribution in [0.1, 0.15) is 6.92 Å². The van der Waals surface area contributed by atoms with E-state index in [0.717, 1.165) is 0 Å². The van der Waals surface area contributed by atoms with Gasteiger partial charge in [0.15, 0.2) is 0 Å². The Morgan fingerprint density at radius 1 is 1.40 bits per heavy atom. The summed E-state index contributed by atoms with van der Waals surface area (Å²) in [4.78, 5) is 19.0. The normalized spacial score (nSPS) is 10.3. The zero-order chi connectivity index (χ0) is 11.2. The van der Waals surface area contributed by atoms with Crippen LogP contribution in [-0.4, -0.2) is 32.2 Å². The zero-order valence-electron chi connectivity index (χ0n) is 8.39. The minimum Gasteiger partial charge on any atom is -0.726 e. The topological polar surface area (TPSA) is 102 Å². The second-order valence-electron chi connectivity index (χ2n) is 2.20. The molecule has 0 saturated heterocycles. The molecule has 0 rings (SSSR count). The SMILES string of the molecule is C=C(C)C(=O)OOCCOS(=O)(=O)[O-].[Na+]. The van der Waals surface area contributed by atoms with Crippen LogP contribution in [0.3, 0.4) is 0 Å². The van der Waals surface area contributed by atoms with Crippen LogP contribution in [0.5, 0.6) is 0 Å². The quantitative estimate of drug-likeness (QED) is 0.0914. The fraction of sp³-hybridized carbons (Fsp3) is 0.500. The molecule has 0 atom stereocenters. The summed E-state index contributed by atoms with van der Waals surface area (Å²) in [5.41, 5.74) is 0.127. The molecule has 0 saturated carbocycles. The van der Waals surface area contributed by atoms with Crippen molar-refractivity contribution in [3.8, 4) is 0 Å². The van der Waals surface area contributed by atoms with E-state index in [1.54, 1.807) is 0 Å². The van der Waals surface area contributed by atoms with Crippen molar-refractivity contribution in [3.05, 3.63) is 12.2 Å². The van der Waals surface area contributed by atoms with E-state index < -0.39 is 23.0 Å². The first-order valence-corrected chi connectivity index (χ1v) is 4.76. The molecule has 15 heavy (non-hydrogen) atoms. The van der Waals surface area contributed by atoms with Crippen LogP contribution in [0.4, 0.5) is 0 Å². The van der Waals surface area contributed by atoms with Gasteiger partial charge in [-0.25, -0.2) is 13.2 Å². The number of carbonyl (C=O) groups is 1. The van der Waals surface area contributed by atoms with Gasteiger partial charge in [-0.1, -0.05) is 6.58 Å². The first kappa shape index (κ1) is 17.4. The van der Waals surface area contributed by atoms with Gasteiger partial charge in [-0.05, 0) is 6.92 Å². The van der Waals surface area contributed by atoms with Gasteiger partial charge in [0.25, 0.3) is 0 Å². The van der Waals surface area contributed by atoms with E-state index in [9.17, 15) is 17.8 Å². The third kappa shape index (κ3) is 12.0. The van der Waals surface area contributed by atoms with Gasteiger partial charge in [0.05, 0.1) is 6.61 Å². The maximum absolute atomic E-state index is 10.6.